The highest BCUT2D eigenvalue weighted by molar-refractivity contribution is 5.75. The first-order valence-corrected chi connectivity index (χ1v) is 6.46. The first kappa shape index (κ1) is 12.8. The van der Waals surface area contributed by atoms with Crippen LogP contribution < -0.4 is 5.32 Å². The topological polar surface area (TPSA) is 75.1 Å². The van der Waals surface area contributed by atoms with Gasteiger partial charge in [0, 0.05) is 18.9 Å². The van der Waals surface area contributed by atoms with Crippen molar-refractivity contribution in [1.29, 1.82) is 0 Å². The maximum atomic E-state index is 11.6. The van der Waals surface area contributed by atoms with Crippen LogP contribution in [-0.4, -0.2) is 27.6 Å². The van der Waals surface area contributed by atoms with Crippen LogP contribution in [0.3, 0.4) is 0 Å². The lowest BCUT2D eigenvalue weighted by Crippen LogP contribution is -2.37. The van der Waals surface area contributed by atoms with E-state index < -0.39 is 11.4 Å². The van der Waals surface area contributed by atoms with Crippen molar-refractivity contribution in [3.8, 4) is 0 Å². The van der Waals surface area contributed by atoms with Crippen molar-refractivity contribution in [3.05, 3.63) is 18.6 Å². The number of nitrogens with zero attached hydrogens (tertiary/aromatic N) is 2. The highest BCUT2D eigenvalue weighted by Crippen LogP contribution is 2.35. The van der Waals surface area contributed by atoms with Gasteiger partial charge >= 0.3 is 5.97 Å². The molecule has 2 N–H and O–H groups in total. The molecule has 5 nitrogen and oxygen atoms in total. The highest BCUT2D eigenvalue weighted by atomic mass is 16.4. The van der Waals surface area contributed by atoms with Gasteiger partial charge in [-0.3, -0.25) is 9.78 Å². The molecule has 0 aromatic carbocycles. The van der Waals surface area contributed by atoms with Crippen LogP contribution in [0.1, 0.15) is 38.5 Å². The first-order valence-electron chi connectivity index (χ1n) is 6.46. The number of nitrogens with one attached hydrogen (secondary N) is 1. The molecule has 0 amide bonds. The van der Waals surface area contributed by atoms with Crippen molar-refractivity contribution in [2.75, 3.05) is 11.9 Å². The molecule has 1 heterocycles. The second-order valence-electron chi connectivity index (χ2n) is 4.94. The molecule has 0 aliphatic heterocycles. The van der Waals surface area contributed by atoms with Crippen LogP contribution in [0.2, 0.25) is 0 Å². The lowest BCUT2D eigenvalue weighted by Gasteiger charge is -2.28. The SMILES string of the molecule is O=C(O)C1(CNc2cnccn2)CCCCCC1. The van der Waals surface area contributed by atoms with E-state index in [1.54, 1.807) is 18.6 Å². The number of hydrogen-bond donors (Lipinski definition) is 2. The summed E-state index contributed by atoms with van der Waals surface area (Å²) in [6, 6.07) is 0. The van der Waals surface area contributed by atoms with Gasteiger partial charge in [0.1, 0.15) is 5.82 Å². The summed E-state index contributed by atoms with van der Waals surface area (Å²) in [5.74, 6) is -0.0526. The zero-order chi connectivity index (χ0) is 12.8. The Morgan fingerprint density at radius 1 is 1.28 bits per heavy atom. The van der Waals surface area contributed by atoms with Crippen LogP contribution in [0.25, 0.3) is 0 Å². The zero-order valence-corrected chi connectivity index (χ0v) is 10.4. The van der Waals surface area contributed by atoms with Gasteiger partial charge in [-0.2, -0.15) is 0 Å². The largest absolute Gasteiger partial charge is 0.481 e. The van der Waals surface area contributed by atoms with Gasteiger partial charge in [0.2, 0.25) is 0 Å². The molecule has 18 heavy (non-hydrogen) atoms. The Balaban J connectivity index is 2.04. The summed E-state index contributed by atoms with van der Waals surface area (Å²) in [7, 11) is 0. The second kappa shape index (κ2) is 5.80. The van der Waals surface area contributed by atoms with Crippen molar-refractivity contribution in [2.24, 2.45) is 5.41 Å². The molecular weight excluding hydrogens is 230 g/mol. The average Bonchev–Trinajstić information content (AvgIpc) is 2.64. The second-order valence-corrected chi connectivity index (χ2v) is 4.94. The lowest BCUT2D eigenvalue weighted by atomic mass is 9.80. The summed E-state index contributed by atoms with van der Waals surface area (Å²) in [5.41, 5.74) is -0.645. The highest BCUT2D eigenvalue weighted by Gasteiger charge is 2.38. The van der Waals surface area contributed by atoms with Crippen molar-refractivity contribution in [3.63, 3.8) is 0 Å². The molecular formula is C13H19N3O2. The van der Waals surface area contributed by atoms with E-state index in [0.29, 0.717) is 12.4 Å². The van der Waals surface area contributed by atoms with Crippen LogP contribution in [0.15, 0.2) is 18.6 Å². The molecule has 2 rings (SSSR count). The van der Waals surface area contributed by atoms with Crippen molar-refractivity contribution >= 4 is 11.8 Å². The van der Waals surface area contributed by atoms with E-state index in [-0.39, 0.29) is 0 Å². The molecule has 1 aliphatic carbocycles. The van der Waals surface area contributed by atoms with Gasteiger partial charge in [0.15, 0.2) is 0 Å². The smallest absolute Gasteiger partial charge is 0.311 e. The van der Waals surface area contributed by atoms with Crippen LogP contribution >= 0.6 is 0 Å². The number of aromatic nitrogens is 2. The monoisotopic (exact) mass is 249 g/mol. The minimum absolute atomic E-state index is 0.432. The molecule has 1 saturated carbocycles. The van der Waals surface area contributed by atoms with Crippen LogP contribution in [-0.2, 0) is 4.79 Å². The number of carbonyl (C=O) groups is 1. The quantitative estimate of drug-likeness (QED) is 0.801. The standard InChI is InChI=1S/C13H19N3O2/c17-12(18)13(5-3-1-2-4-6-13)10-16-11-9-14-7-8-15-11/h7-9H,1-6,10H2,(H,15,16)(H,17,18). The molecule has 0 spiro atoms. The third kappa shape index (κ3) is 2.97. The van der Waals surface area contributed by atoms with Crippen molar-refractivity contribution in [2.45, 2.75) is 38.5 Å². The van der Waals surface area contributed by atoms with Gasteiger partial charge in [0.05, 0.1) is 11.6 Å². The van der Waals surface area contributed by atoms with E-state index in [9.17, 15) is 9.90 Å². The van der Waals surface area contributed by atoms with E-state index in [4.69, 9.17) is 0 Å². The number of anilines is 1. The van der Waals surface area contributed by atoms with Gasteiger partial charge < -0.3 is 10.4 Å². The summed E-state index contributed by atoms with van der Waals surface area (Å²) >= 11 is 0. The summed E-state index contributed by atoms with van der Waals surface area (Å²) in [6.45, 7) is 0.432. The predicted octanol–water partition coefficient (Wildman–Crippen LogP) is 2.31. The third-order valence-electron chi connectivity index (χ3n) is 3.69. The van der Waals surface area contributed by atoms with E-state index in [0.717, 1.165) is 38.5 Å². The number of carboxylic acid groups (broad SMARTS) is 1. The Hall–Kier alpha value is -1.65. The zero-order valence-electron chi connectivity index (χ0n) is 10.4. The maximum absolute atomic E-state index is 11.6. The van der Waals surface area contributed by atoms with E-state index in [2.05, 4.69) is 15.3 Å². The van der Waals surface area contributed by atoms with Crippen LogP contribution in [0.5, 0.6) is 0 Å². The Kier molecular flexibility index (Phi) is 4.12. The molecule has 5 heteroatoms. The summed E-state index contributed by atoms with van der Waals surface area (Å²) < 4.78 is 0. The summed E-state index contributed by atoms with van der Waals surface area (Å²) in [4.78, 5) is 19.6. The predicted molar refractivity (Wildman–Crippen MR) is 68.3 cm³/mol. The molecule has 0 atom stereocenters. The molecule has 0 saturated heterocycles. The summed E-state index contributed by atoms with van der Waals surface area (Å²) in [5, 5.41) is 12.6. The fourth-order valence-electron chi connectivity index (χ4n) is 2.52. The molecule has 1 fully saturated rings. The lowest BCUT2D eigenvalue weighted by molar-refractivity contribution is -0.149. The Morgan fingerprint density at radius 2 is 2.00 bits per heavy atom. The first-order chi connectivity index (χ1) is 8.73. The van der Waals surface area contributed by atoms with E-state index in [1.807, 2.05) is 0 Å². The molecule has 1 aliphatic rings. The molecule has 1 aromatic heterocycles. The molecule has 98 valence electrons. The minimum atomic E-state index is -0.694. The average molecular weight is 249 g/mol. The Labute approximate surface area is 107 Å². The van der Waals surface area contributed by atoms with E-state index >= 15 is 0 Å². The molecule has 0 radical (unpaired) electrons. The Bertz CT molecular complexity index is 386. The maximum Gasteiger partial charge on any atom is 0.311 e. The third-order valence-corrected chi connectivity index (χ3v) is 3.69. The Morgan fingerprint density at radius 3 is 2.56 bits per heavy atom. The van der Waals surface area contributed by atoms with Crippen LogP contribution in [0, 0.1) is 5.41 Å². The fraction of sp³-hybridized carbons (Fsp3) is 0.615. The molecule has 0 bridgehead atoms. The molecule has 0 unspecified atom stereocenters. The van der Waals surface area contributed by atoms with Crippen molar-refractivity contribution in [1.82, 2.24) is 9.97 Å². The minimum Gasteiger partial charge on any atom is -0.481 e. The summed E-state index contributed by atoms with van der Waals surface area (Å²) in [6.07, 6.45) is 10.6. The number of carboxylic acids is 1. The number of hydrogen-bond acceptors (Lipinski definition) is 4. The number of rotatable bonds is 4. The van der Waals surface area contributed by atoms with Gasteiger partial charge in [0.25, 0.3) is 0 Å². The van der Waals surface area contributed by atoms with Gasteiger partial charge in [-0.15, -0.1) is 0 Å². The number of aliphatic carboxylic acids is 1. The van der Waals surface area contributed by atoms with Gasteiger partial charge in [-0.05, 0) is 12.8 Å². The normalized spacial score (nSPS) is 18.9. The molecule has 1 aromatic rings. The van der Waals surface area contributed by atoms with Gasteiger partial charge in [-0.1, -0.05) is 25.7 Å². The van der Waals surface area contributed by atoms with Gasteiger partial charge in [-0.25, -0.2) is 4.98 Å². The fourth-order valence-corrected chi connectivity index (χ4v) is 2.52. The van der Waals surface area contributed by atoms with Crippen LogP contribution in [0.4, 0.5) is 5.82 Å². The van der Waals surface area contributed by atoms with Crippen molar-refractivity contribution < 1.29 is 9.90 Å². The van der Waals surface area contributed by atoms with E-state index in [1.165, 1.54) is 0 Å².